The summed E-state index contributed by atoms with van der Waals surface area (Å²) in [6, 6.07) is 2.71. The van der Waals surface area contributed by atoms with Crippen molar-refractivity contribution in [3.05, 3.63) is 18.0 Å². The lowest BCUT2D eigenvalue weighted by molar-refractivity contribution is 0.197. The number of methoxy groups -OCH3 is 1. The molecular formula is C14H24ClN3O. The molecule has 0 saturated heterocycles. The van der Waals surface area contributed by atoms with Gasteiger partial charge in [0.1, 0.15) is 0 Å². The number of hydrogen-bond acceptors (Lipinski definition) is 3. The van der Waals surface area contributed by atoms with Crippen molar-refractivity contribution in [2.75, 3.05) is 20.3 Å². The summed E-state index contributed by atoms with van der Waals surface area (Å²) in [6.45, 7) is 2.09. The van der Waals surface area contributed by atoms with Crippen LogP contribution >= 0.6 is 11.6 Å². The second-order valence-electron chi connectivity index (χ2n) is 5.26. The lowest BCUT2D eigenvalue weighted by atomic mass is 9.96. The number of alkyl halides is 1. The van der Waals surface area contributed by atoms with Crippen LogP contribution in [0.1, 0.15) is 43.8 Å². The Labute approximate surface area is 120 Å². The van der Waals surface area contributed by atoms with Crippen molar-refractivity contribution in [2.24, 2.45) is 0 Å². The van der Waals surface area contributed by atoms with Crippen molar-refractivity contribution < 1.29 is 4.74 Å². The SMILES string of the molecule is COCC(Cl)CNCc1ccn(C2CCCCC2)n1. The Bertz CT molecular complexity index is 363. The van der Waals surface area contributed by atoms with E-state index in [2.05, 4.69) is 27.4 Å². The van der Waals surface area contributed by atoms with E-state index in [9.17, 15) is 0 Å². The molecule has 1 unspecified atom stereocenters. The summed E-state index contributed by atoms with van der Waals surface area (Å²) >= 11 is 6.06. The van der Waals surface area contributed by atoms with E-state index in [1.165, 1.54) is 32.1 Å². The average Bonchev–Trinajstić information content (AvgIpc) is 2.89. The monoisotopic (exact) mass is 285 g/mol. The quantitative estimate of drug-likeness (QED) is 0.783. The molecule has 0 aromatic carbocycles. The highest BCUT2D eigenvalue weighted by Crippen LogP contribution is 2.27. The number of aromatic nitrogens is 2. The van der Waals surface area contributed by atoms with E-state index in [0.29, 0.717) is 12.6 Å². The van der Waals surface area contributed by atoms with Crippen LogP contribution in [0.25, 0.3) is 0 Å². The molecule has 0 radical (unpaired) electrons. The Morgan fingerprint density at radius 2 is 2.26 bits per heavy atom. The van der Waals surface area contributed by atoms with Crippen LogP contribution in [0.5, 0.6) is 0 Å². The van der Waals surface area contributed by atoms with Crippen molar-refractivity contribution >= 4 is 11.6 Å². The number of nitrogens with zero attached hydrogens (tertiary/aromatic N) is 2. The smallest absolute Gasteiger partial charge is 0.0762 e. The van der Waals surface area contributed by atoms with Gasteiger partial charge in [-0.3, -0.25) is 4.68 Å². The van der Waals surface area contributed by atoms with Gasteiger partial charge in [-0.05, 0) is 18.9 Å². The lowest BCUT2D eigenvalue weighted by Gasteiger charge is -2.21. The maximum absolute atomic E-state index is 6.06. The molecule has 1 aromatic rings. The van der Waals surface area contributed by atoms with Gasteiger partial charge in [0.25, 0.3) is 0 Å². The summed E-state index contributed by atoms with van der Waals surface area (Å²) in [5, 5.41) is 7.99. The zero-order valence-electron chi connectivity index (χ0n) is 11.6. The minimum Gasteiger partial charge on any atom is -0.383 e. The van der Waals surface area contributed by atoms with Gasteiger partial charge in [-0.2, -0.15) is 5.10 Å². The van der Waals surface area contributed by atoms with E-state index in [-0.39, 0.29) is 5.38 Å². The molecule has 5 heteroatoms. The number of halogens is 1. The van der Waals surface area contributed by atoms with Crippen LogP contribution < -0.4 is 5.32 Å². The second-order valence-corrected chi connectivity index (χ2v) is 5.88. The molecule has 4 nitrogen and oxygen atoms in total. The third-order valence-electron chi connectivity index (χ3n) is 3.63. The molecule has 1 fully saturated rings. The molecule has 0 amide bonds. The van der Waals surface area contributed by atoms with Crippen LogP contribution in [0.15, 0.2) is 12.3 Å². The normalized spacial score (nSPS) is 18.6. The van der Waals surface area contributed by atoms with E-state index in [1.807, 2.05) is 0 Å². The van der Waals surface area contributed by atoms with Crippen LogP contribution in [-0.2, 0) is 11.3 Å². The third kappa shape index (κ3) is 4.79. The Balaban J connectivity index is 1.74. The Hall–Kier alpha value is -0.580. The van der Waals surface area contributed by atoms with E-state index < -0.39 is 0 Å². The van der Waals surface area contributed by atoms with Crippen LogP contribution in [0.4, 0.5) is 0 Å². The predicted octanol–water partition coefficient (Wildman–Crippen LogP) is 2.73. The minimum absolute atomic E-state index is 0.0189. The van der Waals surface area contributed by atoms with Crippen molar-refractivity contribution in [3.63, 3.8) is 0 Å². The number of ether oxygens (including phenoxy) is 1. The highest BCUT2D eigenvalue weighted by Gasteiger charge is 2.15. The maximum Gasteiger partial charge on any atom is 0.0762 e. The van der Waals surface area contributed by atoms with Crippen molar-refractivity contribution in [2.45, 2.75) is 50.1 Å². The van der Waals surface area contributed by atoms with Gasteiger partial charge in [0, 0.05) is 26.4 Å². The molecule has 108 valence electrons. The molecule has 1 atom stereocenters. The molecule has 0 spiro atoms. The molecule has 0 bridgehead atoms. The first-order valence-electron chi connectivity index (χ1n) is 7.17. The summed E-state index contributed by atoms with van der Waals surface area (Å²) in [5.74, 6) is 0. The number of hydrogen-bond donors (Lipinski definition) is 1. The summed E-state index contributed by atoms with van der Waals surface area (Å²) in [5.41, 5.74) is 1.09. The fourth-order valence-corrected chi connectivity index (χ4v) is 2.85. The molecule has 1 N–H and O–H groups in total. The maximum atomic E-state index is 6.06. The van der Waals surface area contributed by atoms with Crippen molar-refractivity contribution in [1.82, 2.24) is 15.1 Å². The van der Waals surface area contributed by atoms with Gasteiger partial charge >= 0.3 is 0 Å². The standard InChI is InChI=1S/C14H24ClN3O/c1-19-11-12(15)9-16-10-13-7-8-18(17-13)14-5-3-2-4-6-14/h7-8,12,14,16H,2-6,9-11H2,1H3. The number of nitrogens with one attached hydrogen (secondary N) is 1. The highest BCUT2D eigenvalue weighted by molar-refractivity contribution is 6.20. The molecule has 1 saturated carbocycles. The first-order chi connectivity index (χ1) is 9.29. The fraction of sp³-hybridized carbons (Fsp3) is 0.786. The molecule has 1 aliphatic rings. The zero-order chi connectivity index (χ0) is 13.5. The van der Waals surface area contributed by atoms with Gasteiger partial charge in [-0.25, -0.2) is 0 Å². The fourth-order valence-electron chi connectivity index (χ4n) is 2.62. The van der Waals surface area contributed by atoms with E-state index in [1.54, 1.807) is 7.11 Å². The van der Waals surface area contributed by atoms with Crippen molar-refractivity contribution in [3.8, 4) is 0 Å². The Kier molecular flexibility index (Phi) is 6.14. The first-order valence-corrected chi connectivity index (χ1v) is 7.61. The molecule has 1 heterocycles. The summed E-state index contributed by atoms with van der Waals surface area (Å²) in [6.07, 6.45) is 8.70. The van der Waals surface area contributed by atoms with E-state index in [0.717, 1.165) is 18.8 Å². The second kappa shape index (κ2) is 7.88. The molecule has 19 heavy (non-hydrogen) atoms. The van der Waals surface area contributed by atoms with Crippen LogP contribution in [0.3, 0.4) is 0 Å². The van der Waals surface area contributed by atoms with E-state index in [4.69, 9.17) is 16.3 Å². The van der Waals surface area contributed by atoms with Gasteiger partial charge in [0.05, 0.1) is 23.7 Å². The topological polar surface area (TPSA) is 39.1 Å². The molecule has 2 rings (SSSR count). The van der Waals surface area contributed by atoms with Gasteiger partial charge < -0.3 is 10.1 Å². The van der Waals surface area contributed by atoms with Crippen molar-refractivity contribution in [1.29, 1.82) is 0 Å². The Morgan fingerprint density at radius 3 is 3.00 bits per heavy atom. The van der Waals surface area contributed by atoms with Gasteiger partial charge in [-0.15, -0.1) is 11.6 Å². The van der Waals surface area contributed by atoms with Gasteiger partial charge in [-0.1, -0.05) is 19.3 Å². The zero-order valence-corrected chi connectivity index (χ0v) is 12.4. The van der Waals surface area contributed by atoms with Crippen LogP contribution in [0, 0.1) is 0 Å². The summed E-state index contributed by atoms with van der Waals surface area (Å²) < 4.78 is 7.14. The highest BCUT2D eigenvalue weighted by atomic mass is 35.5. The Morgan fingerprint density at radius 1 is 1.47 bits per heavy atom. The third-order valence-corrected chi connectivity index (χ3v) is 3.91. The van der Waals surface area contributed by atoms with E-state index >= 15 is 0 Å². The molecule has 1 aliphatic carbocycles. The lowest BCUT2D eigenvalue weighted by Crippen LogP contribution is -2.26. The molecule has 0 aliphatic heterocycles. The predicted molar refractivity (Wildman–Crippen MR) is 77.6 cm³/mol. The molecule has 1 aromatic heterocycles. The van der Waals surface area contributed by atoms with Gasteiger partial charge in [0.15, 0.2) is 0 Å². The number of rotatable bonds is 7. The summed E-state index contributed by atoms with van der Waals surface area (Å²) in [7, 11) is 1.67. The first kappa shape index (κ1) is 14.8. The van der Waals surface area contributed by atoms with Crippen LogP contribution in [-0.4, -0.2) is 35.4 Å². The summed E-state index contributed by atoms with van der Waals surface area (Å²) in [4.78, 5) is 0. The average molecular weight is 286 g/mol. The minimum atomic E-state index is 0.0189. The molecular weight excluding hydrogens is 262 g/mol. The van der Waals surface area contributed by atoms with Gasteiger partial charge in [0.2, 0.25) is 0 Å². The van der Waals surface area contributed by atoms with Crippen LogP contribution in [0.2, 0.25) is 0 Å². The largest absolute Gasteiger partial charge is 0.383 e.